The summed E-state index contributed by atoms with van der Waals surface area (Å²) in [5, 5.41) is 9.45. The Bertz CT molecular complexity index is 700. The highest BCUT2D eigenvalue weighted by molar-refractivity contribution is 5.78. The fourth-order valence-electron chi connectivity index (χ4n) is 7.90. The fraction of sp³-hybridized carbons (Fsp3) is 0.958. The molecule has 5 heteroatoms. The van der Waals surface area contributed by atoms with Crippen LogP contribution in [0.25, 0.3) is 0 Å². The van der Waals surface area contributed by atoms with Gasteiger partial charge in [-0.15, -0.1) is 0 Å². The number of aliphatic hydroxyl groups excluding tert-OH is 1. The molecule has 2 atom stereocenters. The van der Waals surface area contributed by atoms with E-state index in [1.165, 1.54) is 154 Å². The summed E-state index contributed by atoms with van der Waals surface area (Å²) in [7, 11) is 0. The third-order valence-electron chi connectivity index (χ3n) is 11.4. The van der Waals surface area contributed by atoms with E-state index in [1.54, 1.807) is 0 Å². The molecule has 0 fully saturated rings. The van der Waals surface area contributed by atoms with Crippen molar-refractivity contribution in [2.75, 3.05) is 26.2 Å². The first-order valence-electron chi connectivity index (χ1n) is 24.0. The van der Waals surface area contributed by atoms with E-state index in [1.807, 2.05) is 0 Å². The van der Waals surface area contributed by atoms with Gasteiger partial charge in [-0.3, -0.25) is 9.59 Å². The van der Waals surface area contributed by atoms with E-state index in [9.17, 15) is 14.7 Å². The smallest absolute Gasteiger partial charge is 0.306 e. The summed E-state index contributed by atoms with van der Waals surface area (Å²) in [5.74, 6) is 1.12. The number of Topliss-reactive ketones (excluding diaryl/α,β-unsaturated/α-hetero) is 1. The molecular formula is C48H95NO4. The molecule has 53 heavy (non-hydrogen) atoms. The second kappa shape index (κ2) is 42.2. The Balaban J connectivity index is 4.30. The topological polar surface area (TPSA) is 66.8 Å². The maximum Gasteiger partial charge on any atom is 0.306 e. The maximum absolute atomic E-state index is 12.9. The van der Waals surface area contributed by atoms with Gasteiger partial charge in [-0.25, -0.2) is 0 Å². The Morgan fingerprint density at radius 2 is 0.830 bits per heavy atom. The highest BCUT2D eigenvalue weighted by Gasteiger charge is 2.15. The molecule has 0 radical (unpaired) electrons. The molecule has 0 rings (SSSR count). The van der Waals surface area contributed by atoms with Gasteiger partial charge in [-0.05, 0) is 76.8 Å². The van der Waals surface area contributed by atoms with Gasteiger partial charge in [0.05, 0.1) is 0 Å². The first kappa shape index (κ1) is 52.1. The monoisotopic (exact) mass is 750 g/mol. The van der Waals surface area contributed by atoms with Crippen molar-refractivity contribution in [1.29, 1.82) is 0 Å². The van der Waals surface area contributed by atoms with Crippen molar-refractivity contribution in [2.45, 2.75) is 265 Å². The predicted octanol–water partition coefficient (Wildman–Crippen LogP) is 14.5. The lowest BCUT2D eigenvalue weighted by atomic mass is 9.89. The number of nitrogens with zero attached hydrogens (tertiary/aromatic N) is 1. The van der Waals surface area contributed by atoms with E-state index in [2.05, 4.69) is 32.6 Å². The number of ether oxygens (including phenoxy) is 1. The van der Waals surface area contributed by atoms with Crippen LogP contribution >= 0.6 is 0 Å². The van der Waals surface area contributed by atoms with Crippen LogP contribution in [-0.2, 0) is 14.3 Å². The Kier molecular flexibility index (Phi) is 41.5. The zero-order chi connectivity index (χ0) is 38.9. The number of rotatable bonds is 44. The molecular weight excluding hydrogens is 655 g/mol. The molecule has 0 aromatic carbocycles. The molecule has 0 bridgehead atoms. The van der Waals surface area contributed by atoms with Gasteiger partial charge in [-0.1, -0.05) is 182 Å². The second-order valence-corrected chi connectivity index (χ2v) is 16.8. The molecule has 0 aliphatic rings. The third-order valence-corrected chi connectivity index (χ3v) is 11.4. The minimum atomic E-state index is 0.0122. The minimum absolute atomic E-state index is 0.0122. The summed E-state index contributed by atoms with van der Waals surface area (Å²) in [6.07, 6.45) is 42.3. The van der Waals surface area contributed by atoms with Gasteiger partial charge in [0.2, 0.25) is 0 Å². The van der Waals surface area contributed by atoms with Crippen LogP contribution in [0.4, 0.5) is 0 Å². The molecule has 1 N–H and O–H groups in total. The van der Waals surface area contributed by atoms with Crippen LogP contribution in [0, 0.1) is 5.92 Å². The maximum atomic E-state index is 12.9. The third kappa shape index (κ3) is 37.7. The normalized spacial score (nSPS) is 12.8. The van der Waals surface area contributed by atoms with Crippen molar-refractivity contribution >= 4 is 11.8 Å². The number of carbonyl (C=O) groups is 2. The SMILES string of the molecule is CCCCCCCCC(CCCCCC)CC(=O)CCCCCCN(CCCO)CCCCCCC(=O)OC(CCCCCC)CCCCCCCC. The second-order valence-electron chi connectivity index (χ2n) is 16.8. The summed E-state index contributed by atoms with van der Waals surface area (Å²) < 4.78 is 6.01. The zero-order valence-electron chi connectivity index (χ0n) is 36.6. The number of aliphatic hydroxyl groups is 1. The summed E-state index contributed by atoms with van der Waals surface area (Å²) in [5.41, 5.74) is 0. The largest absolute Gasteiger partial charge is 0.462 e. The van der Waals surface area contributed by atoms with Crippen molar-refractivity contribution < 1.29 is 19.4 Å². The standard InChI is InChI=1S/C48H95NO4/c1-5-9-13-17-19-26-35-45(34-25-15-11-7-3)44-46(51)36-27-21-23-31-40-49(42-33-43-50)41-32-24-22-30-39-48(52)53-47(37-28-16-12-8-4)38-29-20-18-14-10-6-2/h45,47,50H,5-44H2,1-4H3. The van der Waals surface area contributed by atoms with Crippen molar-refractivity contribution in [2.24, 2.45) is 5.92 Å². The Hall–Kier alpha value is -0.940. The Labute approximate surface area is 332 Å². The molecule has 0 saturated heterocycles. The van der Waals surface area contributed by atoms with Crippen LogP contribution in [0.1, 0.15) is 259 Å². The van der Waals surface area contributed by atoms with Gasteiger partial charge in [0.25, 0.3) is 0 Å². The molecule has 0 aliphatic carbocycles. The minimum Gasteiger partial charge on any atom is -0.462 e. The number of carbonyl (C=O) groups excluding carboxylic acids is 2. The van der Waals surface area contributed by atoms with Crippen molar-refractivity contribution in [1.82, 2.24) is 4.90 Å². The van der Waals surface area contributed by atoms with Crippen molar-refractivity contribution in [3.05, 3.63) is 0 Å². The van der Waals surface area contributed by atoms with Gasteiger partial charge in [-0.2, -0.15) is 0 Å². The lowest BCUT2D eigenvalue weighted by Gasteiger charge is -2.22. The molecule has 0 heterocycles. The van der Waals surface area contributed by atoms with Crippen LogP contribution in [0.3, 0.4) is 0 Å². The van der Waals surface area contributed by atoms with E-state index >= 15 is 0 Å². The number of hydrogen-bond acceptors (Lipinski definition) is 5. The van der Waals surface area contributed by atoms with E-state index in [4.69, 9.17) is 4.74 Å². The predicted molar refractivity (Wildman–Crippen MR) is 231 cm³/mol. The van der Waals surface area contributed by atoms with Gasteiger partial charge in [0, 0.05) is 32.4 Å². The number of unbranched alkanes of at least 4 members (excludes halogenated alkanes) is 22. The molecule has 316 valence electrons. The number of ketones is 1. The van der Waals surface area contributed by atoms with Crippen LogP contribution < -0.4 is 0 Å². The summed E-state index contributed by atoms with van der Waals surface area (Å²) in [4.78, 5) is 28.2. The van der Waals surface area contributed by atoms with Crippen LogP contribution in [0.5, 0.6) is 0 Å². The van der Waals surface area contributed by atoms with Crippen molar-refractivity contribution in [3.8, 4) is 0 Å². The quantitative estimate of drug-likeness (QED) is 0.0496. The molecule has 0 amide bonds. The molecule has 0 saturated carbocycles. The average molecular weight is 750 g/mol. The van der Waals surface area contributed by atoms with Gasteiger partial charge < -0.3 is 14.7 Å². The molecule has 0 aliphatic heterocycles. The first-order valence-corrected chi connectivity index (χ1v) is 24.0. The fourth-order valence-corrected chi connectivity index (χ4v) is 7.90. The van der Waals surface area contributed by atoms with Crippen LogP contribution in [0.15, 0.2) is 0 Å². The molecule has 0 aromatic rings. The lowest BCUT2D eigenvalue weighted by molar-refractivity contribution is -0.150. The first-order chi connectivity index (χ1) is 26.0. The molecule has 0 aromatic heterocycles. The lowest BCUT2D eigenvalue weighted by Crippen LogP contribution is -2.28. The Morgan fingerprint density at radius 3 is 1.32 bits per heavy atom. The van der Waals surface area contributed by atoms with Crippen molar-refractivity contribution in [3.63, 3.8) is 0 Å². The van der Waals surface area contributed by atoms with E-state index < -0.39 is 0 Å². The van der Waals surface area contributed by atoms with E-state index in [-0.39, 0.29) is 18.7 Å². The number of hydrogen-bond donors (Lipinski definition) is 1. The summed E-state index contributed by atoms with van der Waals surface area (Å²) >= 11 is 0. The van der Waals surface area contributed by atoms with Gasteiger partial charge in [0.15, 0.2) is 0 Å². The van der Waals surface area contributed by atoms with E-state index in [0.29, 0.717) is 18.1 Å². The van der Waals surface area contributed by atoms with E-state index in [0.717, 1.165) is 90.3 Å². The van der Waals surface area contributed by atoms with Gasteiger partial charge >= 0.3 is 5.97 Å². The summed E-state index contributed by atoms with van der Waals surface area (Å²) in [6.45, 7) is 12.4. The molecule has 5 nitrogen and oxygen atoms in total. The zero-order valence-corrected chi connectivity index (χ0v) is 36.6. The number of esters is 1. The highest BCUT2D eigenvalue weighted by Crippen LogP contribution is 2.24. The highest BCUT2D eigenvalue weighted by atomic mass is 16.5. The molecule has 2 unspecified atom stereocenters. The average Bonchev–Trinajstić information content (AvgIpc) is 3.15. The molecule has 0 spiro atoms. The van der Waals surface area contributed by atoms with Crippen LogP contribution in [0.2, 0.25) is 0 Å². The summed E-state index contributed by atoms with van der Waals surface area (Å²) in [6, 6.07) is 0. The Morgan fingerprint density at radius 1 is 0.453 bits per heavy atom. The van der Waals surface area contributed by atoms with Crippen LogP contribution in [-0.4, -0.2) is 54.1 Å². The van der Waals surface area contributed by atoms with Gasteiger partial charge in [0.1, 0.15) is 11.9 Å².